The van der Waals surface area contributed by atoms with E-state index in [9.17, 15) is 0 Å². The fourth-order valence-electron chi connectivity index (χ4n) is 26.0. The average molecular weight is 1880 g/mol. The van der Waals surface area contributed by atoms with Crippen molar-refractivity contribution in [2.75, 3.05) is 9.80 Å². The van der Waals surface area contributed by atoms with Crippen LogP contribution in [-0.2, 0) is 38.5 Å². The zero-order valence-electron chi connectivity index (χ0n) is 83.1. The number of para-hydroxylation sites is 4. The highest BCUT2D eigenvalue weighted by Gasteiger charge is 2.44. The van der Waals surface area contributed by atoms with Crippen LogP contribution in [0.5, 0.6) is 0 Å². The first-order valence-electron chi connectivity index (χ1n) is 51.6. The Hall–Kier alpha value is -12.4. The van der Waals surface area contributed by atoms with Crippen molar-refractivity contribution in [1.82, 2.24) is 0 Å². The van der Waals surface area contributed by atoms with Crippen LogP contribution in [0.25, 0.3) is 110 Å². The van der Waals surface area contributed by atoms with Crippen molar-refractivity contribution in [2.24, 2.45) is 0 Å². The molecule has 0 aliphatic heterocycles. The van der Waals surface area contributed by atoms with Gasteiger partial charge < -0.3 is 9.80 Å². The molecule has 0 fully saturated rings. The van der Waals surface area contributed by atoms with E-state index in [1.54, 1.807) is 0 Å². The SMILES string of the molecule is C.CC(C)[Si](C#Cc1cc2c3ccc4c5c(c(C#C[Si](C(C)C)(C(C)C)C(C)C)cc(c6ccc7c(c1CC(c1cccs1)C7)c62)c53)CC(c1cccs1)C4)(C(C)C)C(C)C.CCC/C=C/C1CCc2c(/C=C/c3ccc(N(c4ccccc4)c4ccccc4)cc3)cc3c4ccc5c6c(c(/C=C/c7ccc(N(c8ccccc8)c8ccccc8)cc7)cc(c7ccc1c2c73)c64)CCC5/C=C/CCC. The molecule has 4 unspecified atom stereocenters. The topological polar surface area (TPSA) is 6.48 Å². The summed E-state index contributed by atoms with van der Waals surface area (Å²) in [4.78, 5) is 7.67. The second-order valence-electron chi connectivity index (χ2n) is 42.0. The van der Waals surface area contributed by atoms with Gasteiger partial charge in [0.15, 0.2) is 0 Å². The first-order valence-corrected chi connectivity index (χ1v) is 57.9. The van der Waals surface area contributed by atoms with Gasteiger partial charge in [-0.25, -0.2) is 0 Å². The molecule has 2 nitrogen and oxygen atoms in total. The number of hydrogen-bond donors (Lipinski definition) is 0. The normalized spacial score (nSPS) is 16.0. The second-order valence-corrected chi connectivity index (χ2v) is 55.1. The smallest absolute Gasteiger partial charge is 0.146 e. The van der Waals surface area contributed by atoms with E-state index in [1.807, 2.05) is 22.7 Å². The largest absolute Gasteiger partial charge is 0.311 e. The molecule has 0 amide bonds. The van der Waals surface area contributed by atoms with Crippen molar-refractivity contribution < 1.29 is 0 Å². The number of thiophene rings is 2. The molecule has 0 radical (unpaired) electrons. The van der Waals surface area contributed by atoms with Gasteiger partial charge in [-0.1, -0.05) is 335 Å². The highest BCUT2D eigenvalue weighted by molar-refractivity contribution is 7.10. The Morgan fingerprint density at radius 2 is 0.647 bits per heavy atom. The minimum atomic E-state index is -1.97. The molecule has 0 saturated heterocycles. The summed E-state index contributed by atoms with van der Waals surface area (Å²) in [6.07, 6.45) is 32.5. The fourth-order valence-corrected chi connectivity index (χ4v) is 38.1. The van der Waals surface area contributed by atoms with E-state index in [-0.39, 0.29) is 7.43 Å². The Balaban J connectivity index is 0.000000176. The van der Waals surface area contributed by atoms with Crippen molar-refractivity contribution in [1.29, 1.82) is 0 Å². The molecule has 6 heteroatoms. The third-order valence-electron chi connectivity index (χ3n) is 32.4. The van der Waals surface area contributed by atoms with Gasteiger partial charge in [0.05, 0.1) is 0 Å². The molecule has 2 heterocycles. The van der Waals surface area contributed by atoms with E-state index in [2.05, 4.69) is 456 Å². The molecular weight excluding hydrogens is 1750 g/mol. The molecular formula is C133H134N2S2Si2. The summed E-state index contributed by atoms with van der Waals surface area (Å²) >= 11 is 3.84. The molecule has 139 heavy (non-hydrogen) atoms. The molecule has 22 rings (SSSR count). The lowest BCUT2D eigenvalue weighted by Gasteiger charge is -2.38. The van der Waals surface area contributed by atoms with Crippen molar-refractivity contribution in [2.45, 2.75) is 238 Å². The second kappa shape index (κ2) is 39.7. The monoisotopic (exact) mass is 1880 g/mol. The summed E-state index contributed by atoms with van der Waals surface area (Å²) in [5.74, 6) is 9.89. The summed E-state index contributed by atoms with van der Waals surface area (Å²) in [5.41, 5.74) is 38.3. The lowest BCUT2D eigenvalue weighted by Crippen LogP contribution is -2.43. The Morgan fingerprint density at radius 3 is 0.971 bits per heavy atom. The van der Waals surface area contributed by atoms with E-state index in [0.29, 0.717) is 56.9 Å². The summed E-state index contributed by atoms with van der Waals surface area (Å²) in [5, 5.41) is 27.3. The molecule has 4 aliphatic rings. The number of unbranched alkanes of at least 4 members (excludes halogenated alkanes) is 2. The van der Waals surface area contributed by atoms with Crippen molar-refractivity contribution >= 4 is 183 Å². The summed E-state index contributed by atoms with van der Waals surface area (Å²) in [7, 11) is -3.94. The number of aryl methyl sites for hydroxylation is 2. The molecule has 4 atom stereocenters. The van der Waals surface area contributed by atoms with E-state index in [0.717, 1.165) is 111 Å². The summed E-state index contributed by atoms with van der Waals surface area (Å²) in [6, 6.07) is 100. The van der Waals surface area contributed by atoms with Crippen LogP contribution in [0.15, 0.2) is 302 Å². The number of nitrogens with zero attached hydrogens (tertiary/aromatic N) is 2. The van der Waals surface area contributed by atoms with Crippen LogP contribution in [0, 0.1) is 22.9 Å². The van der Waals surface area contributed by atoms with Gasteiger partial charge in [-0.3, -0.25) is 0 Å². The maximum absolute atomic E-state index is 4.20. The van der Waals surface area contributed by atoms with E-state index in [1.165, 1.54) is 174 Å². The lowest BCUT2D eigenvalue weighted by atomic mass is 9.73. The average Bonchev–Trinajstić information content (AvgIpc) is 1.07. The van der Waals surface area contributed by atoms with E-state index in [4.69, 9.17) is 0 Å². The minimum Gasteiger partial charge on any atom is -0.311 e. The maximum atomic E-state index is 4.20. The fraction of sp³-hybridized carbons (Fsp3) is 0.278. The maximum Gasteiger partial charge on any atom is 0.146 e. The number of fused-ring (bicyclic) bond motifs is 4. The molecule has 16 aromatic carbocycles. The van der Waals surface area contributed by atoms with Gasteiger partial charge in [0.25, 0.3) is 0 Å². The van der Waals surface area contributed by atoms with Gasteiger partial charge in [-0.05, 0) is 370 Å². The van der Waals surface area contributed by atoms with Crippen LogP contribution < -0.4 is 9.80 Å². The van der Waals surface area contributed by atoms with Gasteiger partial charge in [0.1, 0.15) is 16.1 Å². The van der Waals surface area contributed by atoms with E-state index >= 15 is 0 Å². The zero-order chi connectivity index (χ0) is 94.8. The number of rotatable bonds is 24. The van der Waals surface area contributed by atoms with Crippen LogP contribution in [-0.4, -0.2) is 16.1 Å². The molecule has 18 aromatic rings. The van der Waals surface area contributed by atoms with Crippen LogP contribution in [0.2, 0.25) is 33.2 Å². The quantitative estimate of drug-likeness (QED) is 0.0149. The van der Waals surface area contributed by atoms with Gasteiger partial charge in [-0.2, -0.15) is 0 Å². The highest BCUT2D eigenvalue weighted by Crippen LogP contribution is 2.56. The Labute approximate surface area is 837 Å². The Kier molecular flexibility index (Phi) is 26.9. The Bertz CT molecular complexity index is 7220. The third kappa shape index (κ3) is 17.0. The predicted octanol–water partition coefficient (Wildman–Crippen LogP) is 39.2. The lowest BCUT2D eigenvalue weighted by molar-refractivity contribution is 0.682. The van der Waals surface area contributed by atoms with Crippen molar-refractivity contribution in [3.05, 3.63) is 390 Å². The van der Waals surface area contributed by atoms with E-state index < -0.39 is 16.1 Å². The van der Waals surface area contributed by atoms with Crippen LogP contribution in [0.4, 0.5) is 34.1 Å². The van der Waals surface area contributed by atoms with Crippen LogP contribution in [0.3, 0.4) is 0 Å². The first kappa shape index (κ1) is 94.2. The van der Waals surface area contributed by atoms with Gasteiger partial charge in [-0.15, -0.1) is 33.8 Å². The standard InChI is InChI=1S/C76H66N2.C56H64S2Si2.CH4/c1-3-5-11-21-55-39-45-67-57(37-31-53-33-41-63(42-34-53)77(59-23-13-7-14-24-59)60-25-15-8-16-26-60)51-71-70-50-48-66-56(22-12-6-4-2)40-46-68-58(52-72(76(70)74(66)68)69-49-47-65(55)73(67)75(69)71)38-32-54-35-43-64(44-36-54)78(61-27-17-9-18-28-61)62-29-19-10-20-30-62;1-33(2)59(34(3)4,35(5)6)25-21-39-29-49-45-19-18-42-28-44(52-16-14-24-58-52)32-48-40(22-26-60(36(7)8,37(9)10)38(11)12)30-50(56(45)54(42)48)46-20-17-41-27-43(51-15-13-23-57-51)31-47(39)53(41)55(46)49;/h7-38,41-44,47-52,55-56H,3-6,39-40,45-46H2,1-2H3;13-20,23-24,29-30,33-38,43-44H,27-28,31-32H2,1-12H3;1H4/b21-11+,22-12+,37-31+,38-32+;;. The molecule has 0 spiro atoms. The van der Waals surface area contributed by atoms with Gasteiger partial charge >= 0.3 is 0 Å². The van der Waals surface area contributed by atoms with Crippen molar-refractivity contribution in [3.8, 4) is 22.9 Å². The number of allylic oxidation sites excluding steroid dienone is 4. The van der Waals surface area contributed by atoms with Gasteiger partial charge in [0.2, 0.25) is 0 Å². The van der Waals surface area contributed by atoms with Gasteiger partial charge in [0, 0.05) is 78.7 Å². The highest BCUT2D eigenvalue weighted by atomic mass is 32.1. The molecule has 0 N–H and O–H groups in total. The van der Waals surface area contributed by atoms with Crippen LogP contribution in [0.1, 0.15) is 254 Å². The predicted molar refractivity (Wildman–Crippen MR) is 617 cm³/mol. The minimum absolute atomic E-state index is 0. The van der Waals surface area contributed by atoms with Crippen molar-refractivity contribution in [3.63, 3.8) is 0 Å². The summed E-state index contributed by atoms with van der Waals surface area (Å²) in [6.45, 7) is 33.9. The molecule has 696 valence electrons. The summed E-state index contributed by atoms with van der Waals surface area (Å²) < 4.78 is 0. The zero-order valence-corrected chi connectivity index (χ0v) is 86.8. The molecule has 4 aliphatic carbocycles. The number of benzene rings is 16. The Morgan fingerprint density at radius 1 is 0.324 bits per heavy atom. The third-order valence-corrected chi connectivity index (χ3v) is 47.1. The molecule has 0 saturated carbocycles. The number of anilines is 6. The number of hydrogen-bond acceptors (Lipinski definition) is 4. The first-order chi connectivity index (χ1) is 67.3. The van der Waals surface area contributed by atoms with Crippen LogP contribution >= 0.6 is 22.7 Å². The molecule has 0 bridgehead atoms. The molecule has 2 aromatic heterocycles.